The molecule has 23 heavy (non-hydrogen) atoms. The van der Waals surface area contributed by atoms with E-state index in [2.05, 4.69) is 26.1 Å². The summed E-state index contributed by atoms with van der Waals surface area (Å²) in [4.78, 5) is 2.03. The van der Waals surface area contributed by atoms with Gasteiger partial charge in [0.2, 0.25) is 0 Å². The van der Waals surface area contributed by atoms with Crippen molar-refractivity contribution in [3.8, 4) is 0 Å². The first-order valence-corrected chi connectivity index (χ1v) is 8.90. The van der Waals surface area contributed by atoms with E-state index in [4.69, 9.17) is 0 Å². The molecule has 0 amide bonds. The summed E-state index contributed by atoms with van der Waals surface area (Å²) < 4.78 is 14.4. The molecule has 0 radical (unpaired) electrons. The van der Waals surface area contributed by atoms with E-state index in [-0.39, 0.29) is 11.9 Å². The molecule has 1 unspecified atom stereocenters. The molecular formula is C19H31FN2O. The first-order chi connectivity index (χ1) is 11.0. The number of hydrogen-bond acceptors (Lipinski definition) is 3. The molecule has 4 heteroatoms. The van der Waals surface area contributed by atoms with Crippen molar-refractivity contribution in [1.82, 2.24) is 5.32 Å². The fourth-order valence-electron chi connectivity index (χ4n) is 3.00. The lowest BCUT2D eigenvalue weighted by Gasteiger charge is -2.31. The largest absolute Gasteiger partial charge is 0.393 e. The van der Waals surface area contributed by atoms with Crippen LogP contribution in [0.3, 0.4) is 0 Å². The normalized spacial score (nSPS) is 17.7. The van der Waals surface area contributed by atoms with Gasteiger partial charge in [-0.3, -0.25) is 0 Å². The number of nitrogens with zero attached hydrogens (tertiary/aromatic N) is 1. The van der Waals surface area contributed by atoms with Crippen LogP contribution in [0.2, 0.25) is 0 Å². The third kappa shape index (κ3) is 5.78. The molecule has 0 aromatic heterocycles. The Kier molecular flexibility index (Phi) is 6.85. The first-order valence-electron chi connectivity index (χ1n) is 8.90. The van der Waals surface area contributed by atoms with Gasteiger partial charge in [-0.25, -0.2) is 4.39 Å². The Morgan fingerprint density at radius 1 is 1.22 bits per heavy atom. The van der Waals surface area contributed by atoms with Crippen LogP contribution in [0.1, 0.15) is 52.0 Å². The maximum atomic E-state index is 14.4. The van der Waals surface area contributed by atoms with E-state index in [1.807, 2.05) is 17.0 Å². The third-order valence-electron chi connectivity index (χ3n) is 4.65. The molecule has 1 aliphatic heterocycles. The quantitative estimate of drug-likeness (QED) is 0.803. The monoisotopic (exact) mass is 322 g/mol. The number of aliphatic hydroxyl groups excluding tert-OH is 1. The average Bonchev–Trinajstić information content (AvgIpc) is 2.52. The molecule has 1 aromatic carbocycles. The topological polar surface area (TPSA) is 35.5 Å². The predicted octanol–water partition coefficient (Wildman–Crippen LogP) is 3.70. The van der Waals surface area contributed by atoms with Gasteiger partial charge in [0.1, 0.15) is 5.82 Å². The number of halogens is 1. The lowest BCUT2D eigenvalue weighted by molar-refractivity contribution is 0.145. The molecular weight excluding hydrogens is 291 g/mol. The van der Waals surface area contributed by atoms with Gasteiger partial charge in [0, 0.05) is 25.7 Å². The number of piperidine rings is 1. The molecule has 0 aliphatic carbocycles. The van der Waals surface area contributed by atoms with Crippen LogP contribution in [0.5, 0.6) is 0 Å². The molecule has 3 nitrogen and oxygen atoms in total. The highest BCUT2D eigenvalue weighted by atomic mass is 19.1. The van der Waals surface area contributed by atoms with Crippen LogP contribution in [0.15, 0.2) is 18.2 Å². The number of hydrogen-bond donors (Lipinski definition) is 2. The first kappa shape index (κ1) is 18.2. The van der Waals surface area contributed by atoms with Crippen molar-refractivity contribution in [2.24, 2.45) is 5.92 Å². The Bertz CT molecular complexity index is 484. The van der Waals surface area contributed by atoms with E-state index in [0.717, 1.165) is 43.8 Å². The maximum absolute atomic E-state index is 14.4. The van der Waals surface area contributed by atoms with Gasteiger partial charge < -0.3 is 15.3 Å². The molecule has 130 valence electrons. The second-order valence-electron chi connectivity index (χ2n) is 7.26. The highest BCUT2D eigenvalue weighted by molar-refractivity contribution is 5.49. The van der Waals surface area contributed by atoms with Crippen LogP contribution in [-0.4, -0.2) is 30.3 Å². The summed E-state index contributed by atoms with van der Waals surface area (Å²) in [5, 5.41) is 13.0. The molecule has 0 bridgehead atoms. The summed E-state index contributed by atoms with van der Waals surface area (Å²) in [6, 6.07) is 5.97. The summed E-state index contributed by atoms with van der Waals surface area (Å²) in [6.45, 7) is 8.81. The Morgan fingerprint density at radius 2 is 1.91 bits per heavy atom. The van der Waals surface area contributed by atoms with Gasteiger partial charge >= 0.3 is 0 Å². The van der Waals surface area contributed by atoms with Crippen molar-refractivity contribution >= 4 is 5.69 Å². The van der Waals surface area contributed by atoms with E-state index < -0.39 is 0 Å². The average molecular weight is 322 g/mol. The molecule has 1 heterocycles. The molecule has 0 spiro atoms. The zero-order chi connectivity index (χ0) is 16.8. The van der Waals surface area contributed by atoms with Crippen LogP contribution in [0.25, 0.3) is 0 Å². The predicted molar refractivity (Wildman–Crippen MR) is 94.2 cm³/mol. The zero-order valence-corrected chi connectivity index (χ0v) is 14.7. The van der Waals surface area contributed by atoms with Crippen LogP contribution >= 0.6 is 0 Å². The summed E-state index contributed by atoms with van der Waals surface area (Å²) in [5.41, 5.74) is 1.65. The van der Waals surface area contributed by atoms with Crippen molar-refractivity contribution in [2.75, 3.05) is 18.0 Å². The SMILES string of the molecule is CC(C)CCC(C)NCc1ccc(N2CCC(O)CC2)c(F)c1. The number of anilines is 1. The second kappa shape index (κ2) is 8.65. The second-order valence-corrected chi connectivity index (χ2v) is 7.26. The summed E-state index contributed by atoms with van der Waals surface area (Å²) in [5.74, 6) is 0.564. The van der Waals surface area contributed by atoms with Gasteiger partial charge in [0.15, 0.2) is 0 Å². The van der Waals surface area contributed by atoms with Crippen molar-refractivity contribution in [2.45, 2.75) is 65.1 Å². The van der Waals surface area contributed by atoms with Crippen LogP contribution in [-0.2, 0) is 6.54 Å². The van der Waals surface area contributed by atoms with Gasteiger partial charge in [0.25, 0.3) is 0 Å². The van der Waals surface area contributed by atoms with Crippen LogP contribution in [0.4, 0.5) is 10.1 Å². The van der Waals surface area contributed by atoms with Crippen molar-refractivity contribution in [3.63, 3.8) is 0 Å². The highest BCUT2D eigenvalue weighted by Gasteiger charge is 2.19. The van der Waals surface area contributed by atoms with Crippen LogP contribution in [0, 0.1) is 11.7 Å². The molecule has 2 rings (SSSR count). The summed E-state index contributed by atoms with van der Waals surface area (Å²) in [7, 11) is 0. The van der Waals surface area contributed by atoms with E-state index in [9.17, 15) is 9.50 Å². The number of nitrogens with one attached hydrogen (secondary N) is 1. The number of rotatable bonds is 7. The number of benzene rings is 1. The molecule has 1 atom stereocenters. The standard InChI is InChI=1S/C19H31FN2O/c1-14(2)4-5-15(3)21-13-16-6-7-19(18(20)12-16)22-10-8-17(23)9-11-22/h6-7,12,14-15,17,21,23H,4-5,8-11,13H2,1-3H3. The Morgan fingerprint density at radius 3 is 2.52 bits per heavy atom. The minimum atomic E-state index is -0.231. The number of aliphatic hydroxyl groups is 1. The smallest absolute Gasteiger partial charge is 0.146 e. The van der Waals surface area contributed by atoms with E-state index in [0.29, 0.717) is 18.3 Å². The lowest BCUT2D eigenvalue weighted by Crippen LogP contribution is -2.36. The van der Waals surface area contributed by atoms with Gasteiger partial charge in [-0.2, -0.15) is 0 Å². The van der Waals surface area contributed by atoms with Crippen LogP contribution < -0.4 is 10.2 Å². The minimum absolute atomic E-state index is 0.157. The third-order valence-corrected chi connectivity index (χ3v) is 4.65. The minimum Gasteiger partial charge on any atom is -0.393 e. The van der Waals surface area contributed by atoms with Gasteiger partial charge in [-0.05, 0) is 56.2 Å². The fourth-order valence-corrected chi connectivity index (χ4v) is 3.00. The van der Waals surface area contributed by atoms with Crippen molar-refractivity contribution < 1.29 is 9.50 Å². The molecule has 1 aliphatic rings. The Hall–Kier alpha value is -1.13. The molecule has 1 fully saturated rings. The highest BCUT2D eigenvalue weighted by Crippen LogP contribution is 2.24. The summed E-state index contributed by atoms with van der Waals surface area (Å²) in [6.07, 6.45) is 3.56. The zero-order valence-electron chi connectivity index (χ0n) is 14.7. The van der Waals surface area contributed by atoms with E-state index in [1.54, 1.807) is 6.07 Å². The molecule has 1 aromatic rings. The lowest BCUT2D eigenvalue weighted by atomic mass is 10.0. The van der Waals surface area contributed by atoms with Gasteiger partial charge in [-0.1, -0.05) is 19.9 Å². The fraction of sp³-hybridized carbons (Fsp3) is 0.684. The Balaban J connectivity index is 1.86. The summed E-state index contributed by atoms with van der Waals surface area (Å²) >= 11 is 0. The maximum Gasteiger partial charge on any atom is 0.146 e. The van der Waals surface area contributed by atoms with Gasteiger partial charge in [0.05, 0.1) is 11.8 Å². The molecule has 2 N–H and O–H groups in total. The van der Waals surface area contributed by atoms with Gasteiger partial charge in [-0.15, -0.1) is 0 Å². The van der Waals surface area contributed by atoms with E-state index in [1.165, 1.54) is 6.42 Å². The molecule has 1 saturated heterocycles. The van der Waals surface area contributed by atoms with Crippen molar-refractivity contribution in [3.05, 3.63) is 29.6 Å². The molecule has 0 saturated carbocycles. The van der Waals surface area contributed by atoms with Crippen molar-refractivity contribution in [1.29, 1.82) is 0 Å². The van der Waals surface area contributed by atoms with E-state index >= 15 is 0 Å². The Labute approximate surface area is 139 Å².